The largest absolute Gasteiger partial charge is 0.303 e. The Morgan fingerprint density at radius 2 is 2.00 bits per heavy atom. The predicted molar refractivity (Wildman–Crippen MR) is 47.6 cm³/mol. The molecular weight excluding hydrogens is 134 g/mol. The fraction of sp³-hybridized carbons (Fsp3) is 1.00. The third-order valence-corrected chi connectivity index (χ3v) is 3.82. The lowest BCUT2D eigenvalue weighted by Crippen LogP contribution is -2.45. The molecule has 64 valence electrons. The van der Waals surface area contributed by atoms with E-state index in [0.29, 0.717) is 5.41 Å². The van der Waals surface area contributed by atoms with Crippen LogP contribution in [0.15, 0.2) is 0 Å². The van der Waals surface area contributed by atoms with E-state index in [4.69, 9.17) is 0 Å². The van der Waals surface area contributed by atoms with Gasteiger partial charge in [-0.1, -0.05) is 13.3 Å². The highest BCUT2D eigenvalue weighted by atomic mass is 15.2. The van der Waals surface area contributed by atoms with Gasteiger partial charge < -0.3 is 4.90 Å². The maximum Gasteiger partial charge on any atom is 0.0146 e. The lowest BCUT2D eigenvalue weighted by molar-refractivity contribution is 0.0711. The second kappa shape index (κ2) is 2.48. The van der Waals surface area contributed by atoms with Gasteiger partial charge in [0.1, 0.15) is 0 Å². The van der Waals surface area contributed by atoms with Crippen LogP contribution < -0.4 is 0 Å². The number of nitrogens with zero attached hydrogens (tertiary/aromatic N) is 1. The maximum absolute atomic E-state index is 2.58. The Hall–Kier alpha value is -0.0400. The summed E-state index contributed by atoms with van der Waals surface area (Å²) in [6, 6.07) is 0.913. The van der Waals surface area contributed by atoms with Gasteiger partial charge in [-0.05, 0) is 44.7 Å². The van der Waals surface area contributed by atoms with Crippen LogP contribution in [0.4, 0.5) is 0 Å². The van der Waals surface area contributed by atoms with E-state index in [9.17, 15) is 0 Å². The summed E-state index contributed by atoms with van der Waals surface area (Å²) in [5.41, 5.74) is 0.688. The topological polar surface area (TPSA) is 3.24 Å². The molecule has 0 N–H and O–H groups in total. The molecule has 1 saturated carbocycles. The van der Waals surface area contributed by atoms with Crippen LogP contribution in [0.5, 0.6) is 0 Å². The predicted octanol–water partition coefficient (Wildman–Crippen LogP) is 2.27. The summed E-state index contributed by atoms with van der Waals surface area (Å²) in [7, 11) is 2.30. The summed E-state index contributed by atoms with van der Waals surface area (Å²) in [4.78, 5) is 2.58. The van der Waals surface area contributed by atoms with E-state index in [0.717, 1.165) is 6.04 Å². The molecule has 2 atom stereocenters. The first-order valence-electron chi connectivity index (χ1n) is 4.93. The fourth-order valence-electron chi connectivity index (χ4n) is 3.15. The SMILES string of the molecule is CN1CCC[C@]2(C)CCCC12. The smallest absolute Gasteiger partial charge is 0.0146 e. The highest BCUT2D eigenvalue weighted by Crippen LogP contribution is 2.46. The van der Waals surface area contributed by atoms with Crippen molar-refractivity contribution in [3.63, 3.8) is 0 Å². The van der Waals surface area contributed by atoms with Crippen LogP contribution in [-0.4, -0.2) is 24.5 Å². The van der Waals surface area contributed by atoms with Crippen LogP contribution in [0.1, 0.15) is 39.0 Å². The number of rotatable bonds is 0. The average molecular weight is 153 g/mol. The zero-order chi connectivity index (χ0) is 7.90. The number of hydrogen-bond acceptors (Lipinski definition) is 1. The van der Waals surface area contributed by atoms with Gasteiger partial charge >= 0.3 is 0 Å². The summed E-state index contributed by atoms with van der Waals surface area (Å²) in [6.07, 6.45) is 7.28. The van der Waals surface area contributed by atoms with Crippen molar-refractivity contribution in [2.75, 3.05) is 13.6 Å². The van der Waals surface area contributed by atoms with E-state index in [1.165, 1.54) is 38.6 Å². The first kappa shape index (κ1) is 7.60. The molecule has 1 nitrogen and oxygen atoms in total. The van der Waals surface area contributed by atoms with Gasteiger partial charge in [-0.15, -0.1) is 0 Å². The lowest BCUT2D eigenvalue weighted by Gasteiger charge is -2.42. The second-order valence-corrected chi connectivity index (χ2v) is 4.65. The summed E-state index contributed by atoms with van der Waals surface area (Å²) < 4.78 is 0. The van der Waals surface area contributed by atoms with Crippen molar-refractivity contribution < 1.29 is 0 Å². The van der Waals surface area contributed by atoms with Crippen LogP contribution in [0.25, 0.3) is 0 Å². The highest BCUT2D eigenvalue weighted by Gasteiger charge is 2.42. The molecule has 0 spiro atoms. The molecular formula is C10H19N. The van der Waals surface area contributed by atoms with Crippen LogP contribution in [0.3, 0.4) is 0 Å². The van der Waals surface area contributed by atoms with Crippen molar-refractivity contribution in [2.24, 2.45) is 5.41 Å². The van der Waals surface area contributed by atoms with Crippen LogP contribution in [-0.2, 0) is 0 Å². The van der Waals surface area contributed by atoms with E-state index < -0.39 is 0 Å². The molecule has 1 aliphatic heterocycles. The molecule has 0 radical (unpaired) electrons. The van der Waals surface area contributed by atoms with Crippen molar-refractivity contribution >= 4 is 0 Å². The first-order chi connectivity index (χ1) is 5.22. The molecule has 1 aliphatic carbocycles. The third-order valence-electron chi connectivity index (χ3n) is 3.82. The molecule has 1 unspecified atom stereocenters. The minimum absolute atomic E-state index is 0.688. The molecule has 1 heterocycles. The van der Waals surface area contributed by atoms with Gasteiger partial charge in [-0.3, -0.25) is 0 Å². The van der Waals surface area contributed by atoms with Crippen molar-refractivity contribution in [2.45, 2.75) is 45.1 Å². The molecule has 0 amide bonds. The van der Waals surface area contributed by atoms with Crippen molar-refractivity contribution in [1.82, 2.24) is 4.90 Å². The molecule has 0 aromatic heterocycles. The summed E-state index contributed by atoms with van der Waals surface area (Å²) in [6.45, 7) is 3.82. The van der Waals surface area contributed by atoms with Crippen LogP contribution >= 0.6 is 0 Å². The van der Waals surface area contributed by atoms with Gasteiger partial charge in [0.2, 0.25) is 0 Å². The summed E-state index contributed by atoms with van der Waals surface area (Å²) in [5.74, 6) is 0. The minimum Gasteiger partial charge on any atom is -0.303 e. The second-order valence-electron chi connectivity index (χ2n) is 4.65. The normalized spacial score (nSPS) is 45.8. The van der Waals surface area contributed by atoms with Crippen LogP contribution in [0, 0.1) is 5.41 Å². The van der Waals surface area contributed by atoms with Gasteiger partial charge in [0, 0.05) is 6.04 Å². The Bertz CT molecular complexity index is 155. The molecule has 2 fully saturated rings. The third kappa shape index (κ3) is 1.10. The van der Waals surface area contributed by atoms with Gasteiger partial charge in [0.25, 0.3) is 0 Å². The minimum atomic E-state index is 0.688. The Kier molecular flexibility index (Phi) is 1.71. The molecule has 1 heteroatoms. The maximum atomic E-state index is 2.58. The van der Waals surface area contributed by atoms with Crippen molar-refractivity contribution in [3.8, 4) is 0 Å². The monoisotopic (exact) mass is 153 g/mol. The molecule has 0 aromatic rings. The Morgan fingerprint density at radius 3 is 2.73 bits per heavy atom. The van der Waals surface area contributed by atoms with Gasteiger partial charge in [-0.2, -0.15) is 0 Å². The van der Waals surface area contributed by atoms with E-state index in [2.05, 4.69) is 18.9 Å². The molecule has 11 heavy (non-hydrogen) atoms. The summed E-state index contributed by atoms with van der Waals surface area (Å²) >= 11 is 0. The molecule has 2 aliphatic rings. The van der Waals surface area contributed by atoms with Gasteiger partial charge in [-0.25, -0.2) is 0 Å². The van der Waals surface area contributed by atoms with Crippen molar-refractivity contribution in [3.05, 3.63) is 0 Å². The molecule has 2 rings (SSSR count). The quantitative estimate of drug-likeness (QED) is 0.516. The van der Waals surface area contributed by atoms with Crippen molar-refractivity contribution in [1.29, 1.82) is 0 Å². The summed E-state index contributed by atoms with van der Waals surface area (Å²) in [5, 5.41) is 0. The van der Waals surface area contributed by atoms with Gasteiger partial charge in [0.05, 0.1) is 0 Å². The number of piperidine rings is 1. The van der Waals surface area contributed by atoms with E-state index in [-0.39, 0.29) is 0 Å². The zero-order valence-electron chi connectivity index (χ0n) is 7.77. The van der Waals surface area contributed by atoms with E-state index in [1.54, 1.807) is 0 Å². The Morgan fingerprint density at radius 1 is 1.27 bits per heavy atom. The number of likely N-dealkylation sites (tertiary alicyclic amines) is 1. The number of fused-ring (bicyclic) bond motifs is 1. The zero-order valence-corrected chi connectivity index (χ0v) is 7.77. The van der Waals surface area contributed by atoms with Crippen LogP contribution in [0.2, 0.25) is 0 Å². The Balaban J connectivity index is 2.15. The standard InChI is InChI=1S/C10H19N/c1-10-6-3-5-9(10)11(2)8-4-7-10/h9H,3-8H2,1-2H3/t9?,10-/m0/s1. The molecule has 0 bridgehead atoms. The molecule has 0 aromatic carbocycles. The van der Waals surface area contributed by atoms with E-state index >= 15 is 0 Å². The fourth-order valence-corrected chi connectivity index (χ4v) is 3.15. The highest BCUT2D eigenvalue weighted by molar-refractivity contribution is 4.96. The lowest BCUT2D eigenvalue weighted by atomic mass is 9.77. The number of hydrogen-bond donors (Lipinski definition) is 0. The first-order valence-corrected chi connectivity index (χ1v) is 4.93. The molecule has 1 saturated heterocycles. The van der Waals surface area contributed by atoms with Gasteiger partial charge in [0.15, 0.2) is 0 Å². The Labute approximate surface area is 69.8 Å². The average Bonchev–Trinajstić information content (AvgIpc) is 2.31. The van der Waals surface area contributed by atoms with E-state index in [1.807, 2.05) is 0 Å².